The summed E-state index contributed by atoms with van der Waals surface area (Å²) >= 11 is 3.40. The van der Waals surface area contributed by atoms with Crippen molar-refractivity contribution in [3.05, 3.63) is 34.3 Å². The summed E-state index contributed by atoms with van der Waals surface area (Å²) in [6, 6.07) is 9.87. The van der Waals surface area contributed by atoms with Crippen LogP contribution in [-0.4, -0.2) is 21.0 Å². The van der Waals surface area contributed by atoms with Crippen molar-refractivity contribution in [2.75, 3.05) is 5.73 Å². The third-order valence-electron chi connectivity index (χ3n) is 4.14. The number of hydrogen-bond acceptors (Lipinski definition) is 4. The fourth-order valence-electron chi connectivity index (χ4n) is 3.01. The molecule has 0 amide bonds. The van der Waals surface area contributed by atoms with E-state index in [1.54, 1.807) is 4.68 Å². The molecule has 0 aliphatic heterocycles. The van der Waals surface area contributed by atoms with Crippen LogP contribution in [0.3, 0.4) is 0 Å². The van der Waals surface area contributed by atoms with E-state index in [1.807, 2.05) is 24.3 Å². The molecule has 0 saturated heterocycles. The molecule has 2 aromatic rings. The number of nitriles is 1. The molecule has 1 heterocycles. The minimum Gasteiger partial charge on any atom is -0.393 e. The zero-order chi connectivity index (χ0) is 15.7. The highest BCUT2D eigenvalue weighted by Gasteiger charge is 2.26. The number of aliphatic hydroxyl groups is 1. The van der Waals surface area contributed by atoms with E-state index in [9.17, 15) is 10.4 Å². The van der Waals surface area contributed by atoms with Gasteiger partial charge in [-0.25, -0.2) is 4.68 Å². The van der Waals surface area contributed by atoms with Crippen LogP contribution < -0.4 is 5.73 Å². The lowest BCUT2D eigenvalue weighted by Gasteiger charge is -2.26. The Morgan fingerprint density at radius 2 is 2.05 bits per heavy atom. The predicted molar refractivity (Wildman–Crippen MR) is 88.0 cm³/mol. The van der Waals surface area contributed by atoms with Crippen LogP contribution in [0, 0.1) is 11.3 Å². The maximum Gasteiger partial charge on any atom is 0.140 e. The third-order valence-corrected chi connectivity index (χ3v) is 4.67. The van der Waals surface area contributed by atoms with Gasteiger partial charge in [-0.15, -0.1) is 0 Å². The molecule has 2 atom stereocenters. The summed E-state index contributed by atoms with van der Waals surface area (Å²) < 4.78 is 2.69. The van der Waals surface area contributed by atoms with Gasteiger partial charge < -0.3 is 10.8 Å². The van der Waals surface area contributed by atoms with E-state index < -0.39 is 0 Å². The van der Waals surface area contributed by atoms with Gasteiger partial charge in [0.05, 0.1) is 12.1 Å². The zero-order valence-corrected chi connectivity index (χ0v) is 13.6. The van der Waals surface area contributed by atoms with Gasteiger partial charge in [0.1, 0.15) is 23.1 Å². The van der Waals surface area contributed by atoms with Crippen molar-refractivity contribution in [1.29, 1.82) is 5.26 Å². The number of benzene rings is 1. The van der Waals surface area contributed by atoms with Gasteiger partial charge in [-0.3, -0.25) is 0 Å². The summed E-state index contributed by atoms with van der Waals surface area (Å²) in [6.45, 7) is 0. The van der Waals surface area contributed by atoms with E-state index in [0.717, 1.165) is 29.3 Å². The lowest BCUT2D eigenvalue weighted by molar-refractivity contribution is 0.101. The molecule has 2 unspecified atom stereocenters. The number of anilines is 1. The van der Waals surface area contributed by atoms with E-state index in [4.69, 9.17) is 5.73 Å². The quantitative estimate of drug-likeness (QED) is 0.860. The van der Waals surface area contributed by atoms with Crippen molar-refractivity contribution in [2.24, 2.45) is 0 Å². The van der Waals surface area contributed by atoms with E-state index in [-0.39, 0.29) is 12.1 Å². The second kappa shape index (κ2) is 6.11. The highest BCUT2D eigenvalue weighted by molar-refractivity contribution is 9.10. The average molecular weight is 361 g/mol. The van der Waals surface area contributed by atoms with Gasteiger partial charge in [0.15, 0.2) is 0 Å². The number of nitrogen functional groups attached to an aromatic ring is 1. The largest absolute Gasteiger partial charge is 0.393 e. The zero-order valence-electron chi connectivity index (χ0n) is 12.0. The Hall–Kier alpha value is -1.84. The van der Waals surface area contributed by atoms with Gasteiger partial charge in [-0.2, -0.15) is 10.4 Å². The molecule has 6 heteroatoms. The molecule has 5 nitrogen and oxygen atoms in total. The van der Waals surface area contributed by atoms with Crippen LogP contribution in [0.1, 0.15) is 37.3 Å². The molecule has 1 aliphatic rings. The molecule has 1 aromatic heterocycles. The number of nitrogens with two attached hydrogens (primary N) is 1. The Labute approximate surface area is 137 Å². The van der Waals surface area contributed by atoms with Crippen LogP contribution in [0.15, 0.2) is 28.7 Å². The number of aromatic nitrogens is 2. The predicted octanol–water partition coefficient (Wildman–Crippen LogP) is 3.24. The van der Waals surface area contributed by atoms with Crippen LogP contribution >= 0.6 is 15.9 Å². The summed E-state index contributed by atoms with van der Waals surface area (Å²) in [4.78, 5) is 0. The monoisotopic (exact) mass is 360 g/mol. The lowest BCUT2D eigenvalue weighted by atomic mass is 9.93. The van der Waals surface area contributed by atoms with E-state index in [1.165, 1.54) is 0 Å². The SMILES string of the molecule is N#Cc1c(-c2ccc(Br)cc2)nn(C2CCCC(O)C2)c1N. The normalized spacial score (nSPS) is 21.5. The van der Waals surface area contributed by atoms with Crippen molar-refractivity contribution < 1.29 is 5.11 Å². The first-order valence-corrected chi connectivity index (χ1v) is 8.11. The number of hydrogen-bond donors (Lipinski definition) is 2. The van der Waals surface area contributed by atoms with Gasteiger partial charge in [0.25, 0.3) is 0 Å². The average Bonchev–Trinajstić information content (AvgIpc) is 2.85. The molecule has 0 spiro atoms. The standard InChI is InChI=1S/C16H17BrN4O/c17-11-6-4-10(5-7-11)15-14(9-18)16(19)21(20-15)12-2-1-3-13(22)8-12/h4-7,12-13,22H,1-3,8,19H2. The molecule has 3 N–H and O–H groups in total. The highest BCUT2D eigenvalue weighted by Crippen LogP contribution is 2.34. The minimum atomic E-state index is -0.316. The Bertz CT molecular complexity index is 717. The molecule has 1 aliphatic carbocycles. The molecule has 1 aromatic carbocycles. The molecule has 114 valence electrons. The molecular formula is C16H17BrN4O. The summed E-state index contributed by atoms with van der Waals surface area (Å²) in [5.41, 5.74) is 8.02. The van der Waals surface area contributed by atoms with Crippen LogP contribution in [0.2, 0.25) is 0 Å². The number of aliphatic hydroxyl groups excluding tert-OH is 1. The van der Waals surface area contributed by atoms with Crippen LogP contribution in [0.25, 0.3) is 11.3 Å². The third kappa shape index (κ3) is 2.74. The summed E-state index contributed by atoms with van der Waals surface area (Å²) in [6.07, 6.45) is 3.01. The first-order valence-electron chi connectivity index (χ1n) is 7.32. The number of nitrogens with zero attached hydrogens (tertiary/aromatic N) is 3. The second-order valence-electron chi connectivity index (χ2n) is 5.65. The van der Waals surface area contributed by atoms with E-state index in [0.29, 0.717) is 23.5 Å². The maximum absolute atomic E-state index is 9.86. The van der Waals surface area contributed by atoms with Gasteiger partial charge in [0.2, 0.25) is 0 Å². The van der Waals surface area contributed by atoms with Crippen molar-refractivity contribution in [1.82, 2.24) is 9.78 Å². The van der Waals surface area contributed by atoms with Gasteiger partial charge in [0, 0.05) is 10.0 Å². The fraction of sp³-hybridized carbons (Fsp3) is 0.375. The molecule has 0 radical (unpaired) electrons. The van der Waals surface area contributed by atoms with Crippen LogP contribution in [-0.2, 0) is 0 Å². The fourth-order valence-corrected chi connectivity index (χ4v) is 3.27. The minimum absolute atomic E-state index is 0.0556. The molecule has 1 saturated carbocycles. The summed E-state index contributed by atoms with van der Waals surface area (Å²) in [5, 5.41) is 23.9. The van der Waals surface area contributed by atoms with Gasteiger partial charge in [-0.05, 0) is 37.8 Å². The first kappa shape index (κ1) is 15.1. The Morgan fingerprint density at radius 1 is 1.32 bits per heavy atom. The van der Waals surface area contributed by atoms with E-state index in [2.05, 4.69) is 27.1 Å². The number of rotatable bonds is 2. The molecular weight excluding hydrogens is 344 g/mol. The van der Waals surface area contributed by atoms with Crippen molar-refractivity contribution in [2.45, 2.75) is 37.8 Å². The number of halogens is 1. The summed E-state index contributed by atoms with van der Waals surface area (Å²) in [7, 11) is 0. The second-order valence-corrected chi connectivity index (χ2v) is 6.56. The van der Waals surface area contributed by atoms with Gasteiger partial charge in [-0.1, -0.05) is 28.1 Å². The van der Waals surface area contributed by atoms with Gasteiger partial charge >= 0.3 is 0 Å². The van der Waals surface area contributed by atoms with Crippen molar-refractivity contribution in [3.8, 4) is 17.3 Å². The Balaban J connectivity index is 2.03. The molecule has 22 heavy (non-hydrogen) atoms. The van der Waals surface area contributed by atoms with E-state index >= 15 is 0 Å². The molecule has 0 bridgehead atoms. The van der Waals surface area contributed by atoms with Crippen LogP contribution in [0.5, 0.6) is 0 Å². The van der Waals surface area contributed by atoms with Crippen molar-refractivity contribution in [3.63, 3.8) is 0 Å². The topological polar surface area (TPSA) is 87.9 Å². The smallest absolute Gasteiger partial charge is 0.140 e. The maximum atomic E-state index is 9.86. The Morgan fingerprint density at radius 3 is 2.68 bits per heavy atom. The lowest BCUT2D eigenvalue weighted by Crippen LogP contribution is -2.24. The highest BCUT2D eigenvalue weighted by atomic mass is 79.9. The molecule has 3 rings (SSSR count). The first-order chi connectivity index (χ1) is 10.6. The Kier molecular flexibility index (Phi) is 4.19. The van der Waals surface area contributed by atoms with Crippen molar-refractivity contribution >= 4 is 21.7 Å². The van der Waals surface area contributed by atoms with Crippen LogP contribution in [0.4, 0.5) is 5.82 Å². The molecule has 1 fully saturated rings. The summed E-state index contributed by atoms with van der Waals surface area (Å²) in [5.74, 6) is 0.388.